The zero-order valence-electron chi connectivity index (χ0n) is 29.3. The quantitative estimate of drug-likeness (QED) is 0.246. The van der Waals surface area contributed by atoms with E-state index >= 15 is 0 Å². The Bertz CT molecular complexity index is 1490. The summed E-state index contributed by atoms with van der Waals surface area (Å²) >= 11 is 0. The molecule has 4 aliphatic rings. The summed E-state index contributed by atoms with van der Waals surface area (Å²) in [4.78, 5) is 0. The first-order chi connectivity index (χ1) is 24.1. The van der Waals surface area contributed by atoms with Crippen molar-refractivity contribution in [3.8, 4) is 0 Å². The largest absolute Gasteiger partial charge is 0.388 e. The standard InChI is InChI=1S/C40H50O10/c1-39(2)45-25-32(48-39)34-29(35-38(47-34)50-40(3,4)49-35)20-30-33(41)37(44-23-28-18-12-7-13-19-28)36(43-22-27-16-10-6-11-17-27)31(46-30)24-42-21-26-14-8-5-9-15-26/h5-19,29-38,41H,20-25H2,1-4H3/t29?,30-,31?,32?,33?,34-,35?,36+,37?,38+/m0/s1. The van der Waals surface area contributed by atoms with Crippen LogP contribution < -0.4 is 0 Å². The summed E-state index contributed by atoms with van der Waals surface area (Å²) < 4.78 is 57.6. The van der Waals surface area contributed by atoms with Gasteiger partial charge in [0, 0.05) is 5.92 Å². The van der Waals surface area contributed by atoms with Crippen LogP contribution in [0.3, 0.4) is 0 Å². The number of hydrogen-bond acceptors (Lipinski definition) is 10. The van der Waals surface area contributed by atoms with Crippen LogP contribution in [0, 0.1) is 5.92 Å². The number of rotatable bonds is 13. The van der Waals surface area contributed by atoms with Crippen molar-refractivity contribution >= 4 is 0 Å². The van der Waals surface area contributed by atoms with Crippen molar-refractivity contribution in [3.63, 3.8) is 0 Å². The Hall–Kier alpha value is -2.74. The highest BCUT2D eigenvalue weighted by molar-refractivity contribution is 5.16. The average Bonchev–Trinajstić information content (AvgIpc) is 3.74. The fraction of sp³-hybridized carbons (Fsp3) is 0.550. The van der Waals surface area contributed by atoms with Gasteiger partial charge in [-0.25, -0.2) is 0 Å². The second kappa shape index (κ2) is 15.5. The molecule has 10 heteroatoms. The third-order valence-corrected chi connectivity index (χ3v) is 9.85. The van der Waals surface area contributed by atoms with Gasteiger partial charge in [0.1, 0.15) is 36.6 Å². The van der Waals surface area contributed by atoms with Crippen LogP contribution in [0.5, 0.6) is 0 Å². The van der Waals surface area contributed by atoms with Crippen molar-refractivity contribution in [2.45, 2.75) is 121 Å². The molecule has 0 aromatic heterocycles. The maximum Gasteiger partial charge on any atom is 0.187 e. The minimum atomic E-state index is -1.03. The normalized spacial score (nSPS) is 34.5. The monoisotopic (exact) mass is 690 g/mol. The lowest BCUT2D eigenvalue weighted by Crippen LogP contribution is -2.61. The molecule has 0 saturated carbocycles. The lowest BCUT2D eigenvalue weighted by Gasteiger charge is -2.45. The maximum atomic E-state index is 12.2. The zero-order chi connectivity index (χ0) is 34.7. The van der Waals surface area contributed by atoms with Gasteiger partial charge in [0.25, 0.3) is 0 Å². The zero-order valence-corrected chi connectivity index (χ0v) is 29.3. The molecule has 270 valence electrons. The molecule has 50 heavy (non-hydrogen) atoms. The van der Waals surface area contributed by atoms with Crippen molar-refractivity contribution in [3.05, 3.63) is 108 Å². The predicted molar refractivity (Wildman–Crippen MR) is 183 cm³/mol. The van der Waals surface area contributed by atoms with E-state index in [4.69, 9.17) is 42.6 Å². The summed E-state index contributed by atoms with van der Waals surface area (Å²) in [5.41, 5.74) is 3.06. The number of ether oxygens (including phenoxy) is 9. The summed E-state index contributed by atoms with van der Waals surface area (Å²) in [5, 5.41) is 12.2. The van der Waals surface area contributed by atoms with Crippen molar-refractivity contribution in [1.29, 1.82) is 0 Å². The second-order valence-corrected chi connectivity index (χ2v) is 14.6. The molecule has 4 fully saturated rings. The molecule has 1 N–H and O–H groups in total. The molecule has 3 aromatic rings. The highest BCUT2D eigenvalue weighted by Crippen LogP contribution is 2.46. The van der Waals surface area contributed by atoms with E-state index in [1.807, 2.05) is 119 Å². The van der Waals surface area contributed by atoms with Crippen LogP contribution in [0.2, 0.25) is 0 Å². The molecular formula is C40H50O10. The lowest BCUT2D eigenvalue weighted by atomic mass is 9.84. The van der Waals surface area contributed by atoms with E-state index in [0.29, 0.717) is 32.8 Å². The first-order valence-corrected chi connectivity index (χ1v) is 17.7. The number of fused-ring (bicyclic) bond motifs is 1. The number of benzene rings is 3. The van der Waals surface area contributed by atoms with Gasteiger partial charge in [-0.1, -0.05) is 91.0 Å². The van der Waals surface area contributed by atoms with E-state index in [9.17, 15) is 5.11 Å². The SMILES string of the molecule is CC1(C)OCC([C@H]2O[C@@H]3OC(C)(C)OC3C2C[C@@H]2OC(COCc3ccccc3)[C@@H](OCc3ccccc3)C(OCc3ccccc3)C2O)O1. The van der Waals surface area contributed by atoms with E-state index < -0.39 is 54.5 Å². The van der Waals surface area contributed by atoms with E-state index in [-0.39, 0.29) is 24.7 Å². The third kappa shape index (κ3) is 8.48. The molecule has 0 spiro atoms. The fourth-order valence-corrected chi connectivity index (χ4v) is 7.50. The fourth-order valence-electron chi connectivity index (χ4n) is 7.50. The first-order valence-electron chi connectivity index (χ1n) is 17.7. The molecule has 0 radical (unpaired) electrons. The Labute approximate surface area is 294 Å². The minimum absolute atomic E-state index is 0.230. The van der Waals surface area contributed by atoms with Gasteiger partial charge in [-0.2, -0.15) is 0 Å². The third-order valence-electron chi connectivity index (χ3n) is 9.85. The van der Waals surface area contributed by atoms with Crippen LogP contribution >= 0.6 is 0 Å². The molecule has 10 nitrogen and oxygen atoms in total. The van der Waals surface area contributed by atoms with Gasteiger partial charge in [-0.05, 0) is 50.8 Å². The molecule has 4 heterocycles. The Balaban J connectivity index is 1.16. The Kier molecular flexibility index (Phi) is 11.0. The molecule has 4 saturated heterocycles. The Morgan fingerprint density at radius 3 is 1.80 bits per heavy atom. The summed E-state index contributed by atoms with van der Waals surface area (Å²) in [6.45, 7) is 9.19. The molecule has 6 unspecified atom stereocenters. The smallest absolute Gasteiger partial charge is 0.187 e. The molecule has 7 rings (SSSR count). The average molecular weight is 691 g/mol. The number of hydrogen-bond donors (Lipinski definition) is 1. The lowest BCUT2D eigenvalue weighted by molar-refractivity contribution is -0.268. The number of aliphatic hydroxyl groups is 1. The molecule has 0 aliphatic carbocycles. The van der Waals surface area contributed by atoms with E-state index in [1.54, 1.807) is 0 Å². The highest BCUT2D eigenvalue weighted by atomic mass is 16.8. The van der Waals surface area contributed by atoms with Gasteiger partial charge in [0.2, 0.25) is 0 Å². The second-order valence-electron chi connectivity index (χ2n) is 14.6. The highest BCUT2D eigenvalue weighted by Gasteiger charge is 2.59. The van der Waals surface area contributed by atoms with Crippen LogP contribution in [0.15, 0.2) is 91.0 Å². The van der Waals surface area contributed by atoms with Crippen molar-refractivity contribution in [2.75, 3.05) is 13.2 Å². The van der Waals surface area contributed by atoms with Crippen LogP contribution in [0.4, 0.5) is 0 Å². The van der Waals surface area contributed by atoms with E-state index in [0.717, 1.165) is 16.7 Å². The van der Waals surface area contributed by atoms with Gasteiger partial charge in [-0.15, -0.1) is 0 Å². The first kappa shape index (κ1) is 35.7. The summed E-state index contributed by atoms with van der Waals surface area (Å²) in [7, 11) is 0. The maximum absolute atomic E-state index is 12.2. The summed E-state index contributed by atoms with van der Waals surface area (Å²) in [6, 6.07) is 29.9. The van der Waals surface area contributed by atoms with Crippen LogP contribution in [0.1, 0.15) is 50.8 Å². The Morgan fingerprint density at radius 2 is 1.22 bits per heavy atom. The van der Waals surface area contributed by atoms with Gasteiger partial charge in [0.15, 0.2) is 17.9 Å². The molecule has 10 atom stereocenters. The van der Waals surface area contributed by atoms with Gasteiger partial charge in [-0.3, -0.25) is 0 Å². The number of aliphatic hydroxyl groups excluding tert-OH is 1. The predicted octanol–water partition coefficient (Wildman–Crippen LogP) is 5.54. The van der Waals surface area contributed by atoms with Gasteiger partial charge in [0.05, 0.1) is 45.2 Å². The van der Waals surface area contributed by atoms with Crippen molar-refractivity contribution in [2.24, 2.45) is 5.92 Å². The van der Waals surface area contributed by atoms with Crippen LogP contribution in [-0.2, 0) is 62.5 Å². The molecule has 4 aliphatic heterocycles. The van der Waals surface area contributed by atoms with Crippen molar-refractivity contribution < 1.29 is 47.7 Å². The van der Waals surface area contributed by atoms with Gasteiger partial charge >= 0.3 is 0 Å². The van der Waals surface area contributed by atoms with Crippen molar-refractivity contribution in [1.82, 2.24) is 0 Å². The minimum Gasteiger partial charge on any atom is -0.388 e. The van der Waals surface area contributed by atoms with Gasteiger partial charge < -0.3 is 47.7 Å². The van der Waals surface area contributed by atoms with Crippen LogP contribution in [0.25, 0.3) is 0 Å². The molecule has 0 bridgehead atoms. The summed E-state index contributed by atoms with van der Waals surface area (Å²) in [6.07, 6.45) is -4.88. The van der Waals surface area contributed by atoms with E-state index in [2.05, 4.69) is 0 Å². The Morgan fingerprint density at radius 1 is 0.640 bits per heavy atom. The van der Waals surface area contributed by atoms with E-state index in [1.165, 1.54) is 0 Å². The van der Waals surface area contributed by atoms with Crippen LogP contribution in [-0.4, -0.2) is 85.0 Å². The molecular weight excluding hydrogens is 640 g/mol. The molecule has 3 aromatic carbocycles. The summed E-state index contributed by atoms with van der Waals surface area (Å²) in [5.74, 6) is -1.78. The topological polar surface area (TPSA) is 103 Å². The molecule has 0 amide bonds.